The van der Waals surface area contributed by atoms with E-state index in [-0.39, 0.29) is 16.6 Å². The van der Waals surface area contributed by atoms with Gasteiger partial charge in [0.1, 0.15) is 0 Å². The van der Waals surface area contributed by atoms with Gasteiger partial charge in [-0.25, -0.2) is 0 Å². The highest BCUT2D eigenvalue weighted by molar-refractivity contribution is 6.11. The highest BCUT2D eigenvalue weighted by Crippen LogP contribution is 2.38. The smallest absolute Gasteiger partial charge is 0.289 e. The molecule has 0 aromatic heterocycles. The van der Waals surface area contributed by atoms with Crippen molar-refractivity contribution in [2.75, 3.05) is 0 Å². The lowest BCUT2D eigenvalue weighted by atomic mass is 9.72. The Hall–Kier alpha value is -2.62. The van der Waals surface area contributed by atoms with Crippen molar-refractivity contribution in [1.29, 1.82) is 0 Å². The summed E-state index contributed by atoms with van der Waals surface area (Å²) in [6.45, 7) is 14.1. The molecule has 142 valence electrons. The molecule has 0 heterocycles. The van der Waals surface area contributed by atoms with E-state index in [0.717, 1.165) is 22.3 Å². The minimum Gasteiger partial charge on any atom is -0.289 e. The molecule has 0 N–H and O–H groups in total. The molecule has 27 heavy (non-hydrogen) atoms. The summed E-state index contributed by atoms with van der Waals surface area (Å²) >= 11 is 0. The predicted octanol–water partition coefficient (Wildman–Crippen LogP) is 6.00. The maximum Gasteiger partial charge on any atom is 0.295 e. The number of azo groups is 1. The van der Waals surface area contributed by atoms with E-state index in [2.05, 4.69) is 10.2 Å². The van der Waals surface area contributed by atoms with E-state index >= 15 is 0 Å². The van der Waals surface area contributed by atoms with Crippen LogP contribution in [0.4, 0.5) is 0 Å². The normalized spacial score (nSPS) is 15.7. The molecule has 1 aromatic carbocycles. The highest BCUT2D eigenvalue weighted by atomic mass is 16.1. The van der Waals surface area contributed by atoms with Crippen molar-refractivity contribution in [2.24, 2.45) is 21.1 Å². The zero-order chi connectivity index (χ0) is 20.4. The number of hydrogen-bond donors (Lipinski definition) is 0. The van der Waals surface area contributed by atoms with E-state index < -0.39 is 5.91 Å². The summed E-state index contributed by atoms with van der Waals surface area (Å²) in [5.41, 5.74) is 3.26. The van der Waals surface area contributed by atoms with Crippen molar-refractivity contribution in [1.82, 2.24) is 0 Å². The van der Waals surface area contributed by atoms with Crippen LogP contribution in [0.5, 0.6) is 0 Å². The van der Waals surface area contributed by atoms with Crippen LogP contribution in [0.15, 0.2) is 69.6 Å². The molecule has 4 nitrogen and oxygen atoms in total. The van der Waals surface area contributed by atoms with Crippen molar-refractivity contribution >= 4 is 11.7 Å². The molecule has 0 bridgehead atoms. The molecule has 0 unspecified atom stereocenters. The van der Waals surface area contributed by atoms with E-state index in [4.69, 9.17) is 0 Å². The summed E-state index contributed by atoms with van der Waals surface area (Å²) in [5, 5.41) is 7.74. The Labute approximate surface area is 161 Å². The first kappa shape index (κ1) is 20.7. The van der Waals surface area contributed by atoms with E-state index in [9.17, 15) is 9.59 Å². The molecule has 1 aliphatic rings. The Kier molecular flexibility index (Phi) is 5.79. The van der Waals surface area contributed by atoms with Crippen molar-refractivity contribution < 1.29 is 9.59 Å². The van der Waals surface area contributed by atoms with Crippen LogP contribution in [0.3, 0.4) is 0 Å². The van der Waals surface area contributed by atoms with E-state index in [0.29, 0.717) is 5.56 Å². The molecule has 0 fully saturated rings. The Morgan fingerprint density at radius 1 is 0.889 bits per heavy atom. The lowest BCUT2D eigenvalue weighted by Gasteiger charge is -2.31. The highest BCUT2D eigenvalue weighted by Gasteiger charge is 2.33. The maximum atomic E-state index is 12.9. The van der Waals surface area contributed by atoms with Crippen LogP contribution in [0, 0.1) is 17.8 Å². The molecule has 2 rings (SSSR count). The Bertz CT molecular complexity index is 832. The molecule has 1 aromatic rings. The van der Waals surface area contributed by atoms with Gasteiger partial charge >= 0.3 is 0 Å². The number of carbonyl (C=O) groups is 2. The van der Waals surface area contributed by atoms with Gasteiger partial charge in [-0.1, -0.05) is 59.2 Å². The van der Waals surface area contributed by atoms with E-state index in [1.54, 1.807) is 12.1 Å². The number of rotatable bonds is 2. The predicted molar refractivity (Wildman–Crippen MR) is 109 cm³/mol. The Balaban J connectivity index is 2.34. The van der Waals surface area contributed by atoms with Crippen molar-refractivity contribution in [3.05, 3.63) is 70.5 Å². The summed E-state index contributed by atoms with van der Waals surface area (Å²) in [5.74, 6) is -0.321. The van der Waals surface area contributed by atoms with Gasteiger partial charge in [-0.2, -0.15) is 5.11 Å². The van der Waals surface area contributed by atoms with Gasteiger partial charge in [-0.05, 0) is 47.6 Å². The van der Waals surface area contributed by atoms with Gasteiger partial charge in [0, 0.05) is 16.7 Å². The molecule has 1 aliphatic carbocycles. The number of hydrogen-bond acceptors (Lipinski definition) is 3. The third kappa shape index (κ3) is 5.19. The van der Waals surface area contributed by atoms with Crippen LogP contribution in [0.2, 0.25) is 0 Å². The number of benzene rings is 1. The van der Waals surface area contributed by atoms with Gasteiger partial charge in [0.2, 0.25) is 0 Å². The summed E-state index contributed by atoms with van der Waals surface area (Å²) in [7, 11) is 0. The molecule has 0 aliphatic heterocycles. The van der Waals surface area contributed by atoms with Crippen LogP contribution in [-0.4, -0.2) is 11.7 Å². The molecule has 1 amide bonds. The molecule has 0 saturated carbocycles. The van der Waals surface area contributed by atoms with Gasteiger partial charge in [0.15, 0.2) is 5.78 Å². The fraction of sp³-hybridized carbons (Fsp3) is 0.391. The average Bonchev–Trinajstić information content (AvgIpc) is 2.54. The van der Waals surface area contributed by atoms with Gasteiger partial charge in [-0.3, -0.25) is 9.59 Å². The zero-order valence-electron chi connectivity index (χ0n) is 17.3. The summed E-state index contributed by atoms with van der Waals surface area (Å²) in [6.07, 6.45) is 5.22. The Morgan fingerprint density at radius 2 is 1.37 bits per heavy atom. The van der Waals surface area contributed by atoms with Crippen LogP contribution in [0.25, 0.3) is 0 Å². The summed E-state index contributed by atoms with van der Waals surface area (Å²) < 4.78 is 0. The molecule has 0 spiro atoms. The second kappa shape index (κ2) is 7.55. The SMILES string of the molecule is Cc1ccc(C(=O)/N=N/C=C2C=C(C(C)(C)C)C(=O)C(C(C)(C)C)=C2)cc1. The summed E-state index contributed by atoms with van der Waals surface area (Å²) in [4.78, 5) is 25.0. The molecule has 4 heteroatoms. The number of allylic oxidation sites excluding steroid dienone is 5. The Morgan fingerprint density at radius 3 is 1.81 bits per heavy atom. The van der Waals surface area contributed by atoms with Crippen LogP contribution < -0.4 is 0 Å². The maximum absolute atomic E-state index is 12.9. The standard InChI is InChI=1S/C23H28N2O2/c1-15-8-10-17(11-9-15)21(27)25-24-14-16-12-18(22(2,3)4)20(26)19(13-16)23(5,6)7/h8-14H,1-7H3/b25-24+. The second-order valence-corrected chi connectivity index (χ2v) is 8.96. The van der Waals surface area contributed by atoms with Gasteiger partial charge in [0.05, 0.1) is 6.20 Å². The third-order valence-corrected chi connectivity index (χ3v) is 4.38. The van der Waals surface area contributed by atoms with Crippen molar-refractivity contribution in [3.63, 3.8) is 0 Å². The van der Waals surface area contributed by atoms with Crippen molar-refractivity contribution in [2.45, 2.75) is 48.5 Å². The third-order valence-electron chi connectivity index (χ3n) is 4.38. The molecular weight excluding hydrogens is 336 g/mol. The summed E-state index contributed by atoms with van der Waals surface area (Å²) in [6, 6.07) is 7.20. The fourth-order valence-electron chi connectivity index (χ4n) is 2.74. The van der Waals surface area contributed by atoms with Crippen LogP contribution in [-0.2, 0) is 4.79 Å². The van der Waals surface area contributed by atoms with E-state index in [1.165, 1.54) is 6.20 Å². The number of carbonyl (C=O) groups excluding carboxylic acids is 2. The fourth-order valence-corrected chi connectivity index (χ4v) is 2.74. The number of ketones is 1. The zero-order valence-corrected chi connectivity index (χ0v) is 17.3. The monoisotopic (exact) mass is 364 g/mol. The second-order valence-electron chi connectivity index (χ2n) is 8.96. The largest absolute Gasteiger partial charge is 0.295 e. The average molecular weight is 364 g/mol. The van der Waals surface area contributed by atoms with Gasteiger partial charge in [-0.15, -0.1) is 5.11 Å². The van der Waals surface area contributed by atoms with Crippen LogP contribution >= 0.6 is 0 Å². The van der Waals surface area contributed by atoms with E-state index in [1.807, 2.05) is 72.8 Å². The minimum atomic E-state index is -0.390. The molecule has 0 atom stereocenters. The lowest BCUT2D eigenvalue weighted by molar-refractivity contribution is -0.114. The minimum absolute atomic E-state index is 0.0693. The van der Waals surface area contributed by atoms with Crippen LogP contribution in [0.1, 0.15) is 57.5 Å². The molecule has 0 saturated heterocycles. The topological polar surface area (TPSA) is 58.9 Å². The first-order valence-electron chi connectivity index (χ1n) is 9.10. The number of Topliss-reactive ketones (excluding diaryl/α,β-unsaturated/α-hetero) is 1. The molecule has 0 radical (unpaired) electrons. The molecular formula is C23H28N2O2. The van der Waals surface area contributed by atoms with Crippen molar-refractivity contribution in [3.8, 4) is 0 Å². The number of aryl methyl sites for hydroxylation is 1. The number of amides is 1. The quantitative estimate of drug-likeness (QED) is 0.604. The first-order chi connectivity index (χ1) is 12.4. The lowest BCUT2D eigenvalue weighted by Crippen LogP contribution is -2.27. The first-order valence-corrected chi connectivity index (χ1v) is 9.10. The number of nitrogens with zero attached hydrogens (tertiary/aromatic N) is 2. The van der Waals surface area contributed by atoms with Gasteiger partial charge < -0.3 is 0 Å². The van der Waals surface area contributed by atoms with Gasteiger partial charge in [0.25, 0.3) is 5.91 Å².